The summed E-state index contributed by atoms with van der Waals surface area (Å²) in [5.41, 5.74) is -0.373. The molecule has 21 heavy (non-hydrogen) atoms. The van der Waals surface area contributed by atoms with Crippen LogP contribution in [0, 0.1) is 5.82 Å². The Labute approximate surface area is 120 Å². The summed E-state index contributed by atoms with van der Waals surface area (Å²) >= 11 is 0. The van der Waals surface area contributed by atoms with Crippen LogP contribution in [0.25, 0.3) is 0 Å². The van der Waals surface area contributed by atoms with Gasteiger partial charge in [-0.15, -0.1) is 0 Å². The number of carboxylic acid groups (broad SMARTS) is 1. The van der Waals surface area contributed by atoms with Crippen LogP contribution in [0.3, 0.4) is 0 Å². The smallest absolute Gasteiger partial charge is 0.340 e. The Morgan fingerprint density at radius 3 is 2.57 bits per heavy atom. The van der Waals surface area contributed by atoms with Crippen LogP contribution in [0.1, 0.15) is 23.2 Å². The van der Waals surface area contributed by atoms with Crippen molar-refractivity contribution in [1.82, 2.24) is 4.72 Å². The zero-order chi connectivity index (χ0) is 16.0. The van der Waals surface area contributed by atoms with E-state index in [-0.39, 0.29) is 29.8 Å². The summed E-state index contributed by atoms with van der Waals surface area (Å²) in [6, 6.07) is 2.77. The van der Waals surface area contributed by atoms with Crippen LogP contribution in [0.15, 0.2) is 23.1 Å². The lowest BCUT2D eigenvalue weighted by molar-refractivity contribution is -0.137. The molecule has 0 radical (unpaired) electrons. The number of sulfonamides is 1. The Balaban J connectivity index is 2.82. The maximum atomic E-state index is 13.6. The SMILES string of the molecule is COC(=O)c1ccc(S(=O)(=O)NCCCC(=O)O)cc1F. The minimum Gasteiger partial charge on any atom is -0.481 e. The normalized spacial score (nSPS) is 11.1. The van der Waals surface area contributed by atoms with E-state index in [1.807, 2.05) is 0 Å². The molecular weight excluding hydrogens is 305 g/mol. The quantitative estimate of drug-likeness (QED) is 0.567. The van der Waals surface area contributed by atoms with E-state index < -0.39 is 27.8 Å². The summed E-state index contributed by atoms with van der Waals surface area (Å²) < 4.78 is 43.8. The Morgan fingerprint density at radius 2 is 2.05 bits per heavy atom. The first kappa shape index (κ1) is 17.1. The minimum atomic E-state index is -3.96. The number of carboxylic acids is 1. The number of ether oxygens (including phenoxy) is 1. The third-order valence-corrected chi connectivity index (χ3v) is 3.97. The first-order chi connectivity index (χ1) is 9.77. The van der Waals surface area contributed by atoms with E-state index in [2.05, 4.69) is 9.46 Å². The van der Waals surface area contributed by atoms with Gasteiger partial charge in [0.25, 0.3) is 0 Å². The Bertz CT molecular complexity index is 643. The van der Waals surface area contributed by atoms with E-state index >= 15 is 0 Å². The summed E-state index contributed by atoms with van der Waals surface area (Å²) in [4.78, 5) is 21.1. The molecule has 1 aromatic rings. The van der Waals surface area contributed by atoms with Crippen molar-refractivity contribution in [2.75, 3.05) is 13.7 Å². The van der Waals surface area contributed by atoms with Crippen LogP contribution in [0.2, 0.25) is 0 Å². The summed E-state index contributed by atoms with van der Waals surface area (Å²) in [7, 11) is -2.89. The van der Waals surface area contributed by atoms with Crippen molar-refractivity contribution in [3.05, 3.63) is 29.6 Å². The molecule has 0 unspecified atom stereocenters. The predicted molar refractivity (Wildman–Crippen MR) is 69.8 cm³/mol. The first-order valence-electron chi connectivity index (χ1n) is 5.87. The van der Waals surface area contributed by atoms with Crippen molar-refractivity contribution in [3.8, 4) is 0 Å². The van der Waals surface area contributed by atoms with Gasteiger partial charge < -0.3 is 9.84 Å². The van der Waals surface area contributed by atoms with Gasteiger partial charge in [-0.25, -0.2) is 22.3 Å². The van der Waals surface area contributed by atoms with Crippen molar-refractivity contribution in [1.29, 1.82) is 0 Å². The molecule has 7 nitrogen and oxygen atoms in total. The van der Waals surface area contributed by atoms with Gasteiger partial charge in [0.1, 0.15) is 5.82 Å². The van der Waals surface area contributed by atoms with Crippen LogP contribution >= 0.6 is 0 Å². The number of esters is 1. The largest absolute Gasteiger partial charge is 0.481 e. The van der Waals surface area contributed by atoms with Gasteiger partial charge in [-0.05, 0) is 24.6 Å². The van der Waals surface area contributed by atoms with Crippen molar-refractivity contribution in [2.45, 2.75) is 17.7 Å². The van der Waals surface area contributed by atoms with E-state index in [0.717, 1.165) is 19.2 Å². The third-order valence-electron chi connectivity index (χ3n) is 2.52. The molecule has 0 saturated heterocycles. The van der Waals surface area contributed by atoms with Crippen LogP contribution < -0.4 is 4.72 Å². The second-order valence-corrected chi connectivity index (χ2v) is 5.80. The van der Waals surface area contributed by atoms with Gasteiger partial charge in [-0.2, -0.15) is 0 Å². The maximum Gasteiger partial charge on any atom is 0.340 e. The molecule has 0 heterocycles. The van der Waals surface area contributed by atoms with E-state index in [4.69, 9.17) is 5.11 Å². The number of nitrogens with one attached hydrogen (secondary N) is 1. The molecule has 0 aliphatic rings. The number of benzene rings is 1. The van der Waals surface area contributed by atoms with Gasteiger partial charge in [0.15, 0.2) is 0 Å². The number of hydrogen-bond acceptors (Lipinski definition) is 5. The lowest BCUT2D eigenvalue weighted by Crippen LogP contribution is -2.25. The van der Waals surface area contributed by atoms with Gasteiger partial charge in [0.05, 0.1) is 17.6 Å². The Hall–Kier alpha value is -2.00. The molecule has 0 aromatic heterocycles. The maximum absolute atomic E-state index is 13.6. The van der Waals surface area contributed by atoms with E-state index in [9.17, 15) is 22.4 Å². The summed E-state index contributed by atoms with van der Waals surface area (Å²) in [6.07, 6.45) is -0.0740. The van der Waals surface area contributed by atoms with Crippen LogP contribution in [-0.4, -0.2) is 39.1 Å². The number of carbonyl (C=O) groups is 2. The van der Waals surface area contributed by atoms with E-state index in [1.54, 1.807) is 0 Å². The fourth-order valence-electron chi connectivity index (χ4n) is 1.47. The molecule has 0 aliphatic carbocycles. The van der Waals surface area contributed by atoms with Gasteiger partial charge in [0.2, 0.25) is 10.0 Å². The molecular formula is C12H14FNO6S. The molecule has 0 fully saturated rings. The number of carbonyl (C=O) groups excluding carboxylic acids is 1. The molecule has 1 aromatic carbocycles. The standard InChI is InChI=1S/C12H14FNO6S/c1-20-12(17)9-5-4-8(7-10(9)13)21(18,19)14-6-2-3-11(15)16/h4-5,7,14H,2-3,6H2,1H3,(H,15,16). The molecule has 0 atom stereocenters. The zero-order valence-electron chi connectivity index (χ0n) is 11.1. The van der Waals surface area contributed by atoms with Crippen molar-refractivity contribution in [2.24, 2.45) is 0 Å². The fourth-order valence-corrected chi connectivity index (χ4v) is 2.55. The van der Waals surface area contributed by atoms with Gasteiger partial charge in [0, 0.05) is 13.0 Å². The highest BCUT2D eigenvalue weighted by molar-refractivity contribution is 7.89. The van der Waals surface area contributed by atoms with Crippen LogP contribution in [0.5, 0.6) is 0 Å². The highest BCUT2D eigenvalue weighted by Crippen LogP contribution is 2.15. The third kappa shape index (κ3) is 4.80. The molecule has 1 rings (SSSR count). The average Bonchev–Trinajstić information content (AvgIpc) is 2.42. The number of aliphatic carboxylic acids is 1. The molecule has 0 aliphatic heterocycles. The average molecular weight is 319 g/mol. The van der Waals surface area contributed by atoms with Crippen LogP contribution in [0.4, 0.5) is 4.39 Å². The number of rotatable bonds is 7. The predicted octanol–water partition coefficient (Wildman–Crippen LogP) is 0.755. The van der Waals surface area contributed by atoms with Gasteiger partial charge >= 0.3 is 11.9 Å². The zero-order valence-corrected chi connectivity index (χ0v) is 11.9. The number of halogens is 1. The number of methoxy groups -OCH3 is 1. The lowest BCUT2D eigenvalue weighted by atomic mass is 10.2. The topological polar surface area (TPSA) is 110 Å². The molecule has 2 N–H and O–H groups in total. The molecule has 0 bridgehead atoms. The Kier molecular flexibility index (Phi) is 5.79. The van der Waals surface area contributed by atoms with Gasteiger partial charge in [-0.3, -0.25) is 4.79 Å². The molecule has 116 valence electrons. The van der Waals surface area contributed by atoms with Crippen molar-refractivity contribution >= 4 is 22.0 Å². The lowest BCUT2D eigenvalue weighted by Gasteiger charge is -2.07. The van der Waals surface area contributed by atoms with Crippen molar-refractivity contribution in [3.63, 3.8) is 0 Å². The second kappa shape index (κ2) is 7.14. The summed E-state index contributed by atoms with van der Waals surface area (Å²) in [5.74, 6) is -2.97. The molecule has 0 spiro atoms. The van der Waals surface area contributed by atoms with E-state index in [0.29, 0.717) is 6.07 Å². The minimum absolute atomic E-state index is 0.0883. The first-order valence-corrected chi connectivity index (χ1v) is 7.35. The highest BCUT2D eigenvalue weighted by atomic mass is 32.2. The second-order valence-electron chi connectivity index (χ2n) is 4.03. The van der Waals surface area contributed by atoms with E-state index in [1.165, 1.54) is 0 Å². The van der Waals surface area contributed by atoms with Crippen molar-refractivity contribution < 1.29 is 32.2 Å². The van der Waals surface area contributed by atoms with Gasteiger partial charge in [-0.1, -0.05) is 0 Å². The molecule has 9 heteroatoms. The molecule has 0 amide bonds. The Morgan fingerprint density at radius 1 is 1.38 bits per heavy atom. The van der Waals surface area contributed by atoms with Crippen LogP contribution in [-0.2, 0) is 19.6 Å². The number of hydrogen-bond donors (Lipinski definition) is 2. The summed E-state index contributed by atoms with van der Waals surface area (Å²) in [6.45, 7) is -0.0883. The monoisotopic (exact) mass is 319 g/mol. The fraction of sp³-hybridized carbons (Fsp3) is 0.333. The summed E-state index contributed by atoms with van der Waals surface area (Å²) in [5, 5.41) is 8.43. The molecule has 0 saturated carbocycles. The highest BCUT2D eigenvalue weighted by Gasteiger charge is 2.18.